The van der Waals surface area contributed by atoms with Gasteiger partial charge in [-0.25, -0.2) is 0 Å². The lowest BCUT2D eigenvalue weighted by atomic mass is 9.54. The second kappa shape index (κ2) is 10.4. The van der Waals surface area contributed by atoms with Crippen molar-refractivity contribution in [2.45, 2.75) is 30.6 Å². The predicted molar refractivity (Wildman–Crippen MR) is 141 cm³/mol. The van der Waals surface area contributed by atoms with E-state index in [9.17, 15) is 39.6 Å². The van der Waals surface area contributed by atoms with Crippen molar-refractivity contribution in [2.75, 3.05) is 45.6 Å². The number of hydrogen-bond donors (Lipinski definition) is 6. The zero-order valence-corrected chi connectivity index (χ0v) is 22.8. The zero-order valence-electron chi connectivity index (χ0n) is 22.1. The SMILES string of the molecule is CN(C)c1ccc(O)c2c1C[C@@H]1C[C@@H]3[C@@H](N(C)C)C(O)C(C(=O)NCNC(=O)CCl)C(=O)[C@]3(O)C(=O)C1=C2O. The van der Waals surface area contributed by atoms with E-state index in [-0.39, 0.29) is 42.3 Å². The van der Waals surface area contributed by atoms with Crippen molar-refractivity contribution < 1.29 is 39.6 Å². The zero-order chi connectivity index (χ0) is 29.0. The largest absolute Gasteiger partial charge is 0.507 e. The number of aliphatic hydroxyl groups excluding tert-OH is 2. The molecule has 2 saturated carbocycles. The van der Waals surface area contributed by atoms with Crippen molar-refractivity contribution in [3.63, 3.8) is 0 Å². The number of carbonyl (C=O) groups is 4. The number of fused-ring (bicyclic) bond motifs is 3. The average molecular weight is 565 g/mol. The van der Waals surface area contributed by atoms with Gasteiger partial charge in [0.25, 0.3) is 0 Å². The Bertz CT molecular complexity index is 1260. The molecular formula is C26H33ClN4O8. The van der Waals surface area contributed by atoms with E-state index in [0.29, 0.717) is 5.56 Å². The summed E-state index contributed by atoms with van der Waals surface area (Å²) in [5.41, 5.74) is -1.52. The number of aliphatic hydroxyl groups is 3. The van der Waals surface area contributed by atoms with E-state index in [1.807, 2.05) is 4.90 Å². The van der Waals surface area contributed by atoms with E-state index >= 15 is 0 Å². The fraction of sp³-hybridized carbons (Fsp3) is 0.538. The molecule has 0 bridgehead atoms. The van der Waals surface area contributed by atoms with Gasteiger partial charge >= 0.3 is 0 Å². The van der Waals surface area contributed by atoms with E-state index in [4.69, 9.17) is 11.6 Å². The van der Waals surface area contributed by atoms with Crippen LogP contribution in [0.15, 0.2) is 17.7 Å². The molecular weight excluding hydrogens is 532 g/mol. The van der Waals surface area contributed by atoms with Crippen molar-refractivity contribution in [2.24, 2.45) is 17.8 Å². The fourth-order valence-electron chi connectivity index (χ4n) is 6.37. The van der Waals surface area contributed by atoms with Crippen LogP contribution in [0.5, 0.6) is 5.75 Å². The second-order valence-corrected chi connectivity index (χ2v) is 11.0. The van der Waals surface area contributed by atoms with Gasteiger partial charge in [-0.05, 0) is 50.6 Å². The standard InChI is InChI=1S/C26H33ClN4O8/c1-30(2)14-5-6-15(32)18-12(14)7-11-8-13-20(31(3)4)22(35)19(25(38)29-10-28-16(33)9-27)24(37)26(13,39)23(36)17(11)21(18)34/h5-6,11,13,19-20,22,32,34-35,39H,7-10H2,1-4H3,(H,28,33)(H,29,38)/t11-,13-,19?,20-,22?,26-/m1/s1. The Kier molecular flexibility index (Phi) is 7.69. The van der Waals surface area contributed by atoms with Crippen LogP contribution >= 0.6 is 11.6 Å². The van der Waals surface area contributed by atoms with E-state index in [0.717, 1.165) is 5.69 Å². The molecule has 0 radical (unpaired) electrons. The third kappa shape index (κ3) is 4.45. The molecule has 12 nitrogen and oxygen atoms in total. The first kappa shape index (κ1) is 28.8. The lowest BCUT2D eigenvalue weighted by molar-refractivity contribution is -0.184. The number of phenolic OH excluding ortho intramolecular Hbond substituents is 1. The summed E-state index contributed by atoms with van der Waals surface area (Å²) in [6, 6.07) is 2.11. The average Bonchev–Trinajstić information content (AvgIpc) is 2.85. The van der Waals surface area contributed by atoms with Crippen LogP contribution < -0.4 is 15.5 Å². The highest BCUT2D eigenvalue weighted by atomic mass is 35.5. The summed E-state index contributed by atoms with van der Waals surface area (Å²) in [4.78, 5) is 55.5. The summed E-state index contributed by atoms with van der Waals surface area (Å²) in [6.45, 7) is -0.387. The maximum atomic E-state index is 14.0. The van der Waals surface area contributed by atoms with Gasteiger partial charge in [0.1, 0.15) is 23.3 Å². The number of nitrogens with one attached hydrogen (secondary N) is 2. The maximum absolute atomic E-state index is 14.0. The molecule has 0 aromatic heterocycles. The number of ketones is 2. The molecule has 0 heterocycles. The van der Waals surface area contributed by atoms with Crippen LogP contribution in [0, 0.1) is 17.8 Å². The van der Waals surface area contributed by atoms with E-state index < -0.39 is 64.6 Å². The lowest BCUT2D eigenvalue weighted by Crippen LogP contribution is -2.73. The predicted octanol–water partition coefficient (Wildman–Crippen LogP) is -0.862. The van der Waals surface area contributed by atoms with Gasteiger partial charge in [0, 0.05) is 37.3 Å². The first-order valence-corrected chi connectivity index (χ1v) is 13.0. The molecule has 0 saturated heterocycles. The Morgan fingerprint density at radius 1 is 1.13 bits per heavy atom. The van der Waals surface area contributed by atoms with Crippen LogP contribution in [0.2, 0.25) is 0 Å². The summed E-state index contributed by atoms with van der Waals surface area (Å²) in [5, 5.41) is 49.5. The van der Waals surface area contributed by atoms with Crippen molar-refractivity contribution in [3.8, 4) is 5.75 Å². The third-order valence-corrected chi connectivity index (χ3v) is 8.32. The number of carbonyl (C=O) groups excluding carboxylic acids is 4. The van der Waals surface area contributed by atoms with E-state index in [1.165, 1.54) is 6.07 Å². The summed E-state index contributed by atoms with van der Waals surface area (Å²) in [6.07, 6.45) is -1.29. The van der Waals surface area contributed by atoms with Gasteiger partial charge in [-0.3, -0.25) is 19.2 Å². The molecule has 6 atom stereocenters. The normalized spacial score (nSPS) is 29.9. The molecule has 1 aromatic carbocycles. The highest BCUT2D eigenvalue weighted by Gasteiger charge is 2.67. The molecule has 2 amide bonds. The first-order valence-electron chi connectivity index (χ1n) is 12.5. The molecule has 13 heteroatoms. The quantitative estimate of drug-likeness (QED) is 0.145. The van der Waals surface area contributed by atoms with Crippen LogP contribution in [0.25, 0.3) is 5.76 Å². The van der Waals surface area contributed by atoms with Crippen LogP contribution in [0.4, 0.5) is 5.69 Å². The van der Waals surface area contributed by atoms with Gasteiger partial charge in [0.15, 0.2) is 11.4 Å². The molecule has 2 unspecified atom stereocenters. The maximum Gasteiger partial charge on any atom is 0.236 e. The van der Waals surface area contributed by atoms with Crippen LogP contribution in [-0.4, -0.2) is 107 Å². The number of anilines is 1. The van der Waals surface area contributed by atoms with Crippen molar-refractivity contribution in [1.29, 1.82) is 0 Å². The first-order chi connectivity index (χ1) is 18.3. The number of amides is 2. The van der Waals surface area contributed by atoms with Crippen LogP contribution in [0.1, 0.15) is 17.5 Å². The van der Waals surface area contributed by atoms with Gasteiger partial charge < -0.3 is 40.9 Å². The minimum Gasteiger partial charge on any atom is -0.507 e. The number of aromatic hydroxyl groups is 1. The molecule has 39 heavy (non-hydrogen) atoms. The summed E-state index contributed by atoms with van der Waals surface area (Å²) < 4.78 is 0. The van der Waals surface area contributed by atoms with E-state index in [1.54, 1.807) is 39.2 Å². The summed E-state index contributed by atoms with van der Waals surface area (Å²) in [7, 11) is 6.81. The van der Waals surface area contributed by atoms with Gasteiger partial charge in [-0.15, -0.1) is 11.6 Å². The Morgan fingerprint density at radius 3 is 2.38 bits per heavy atom. The van der Waals surface area contributed by atoms with Crippen molar-refractivity contribution >= 4 is 46.4 Å². The number of likely N-dealkylation sites (N-methyl/N-ethyl adjacent to an activating group) is 1. The van der Waals surface area contributed by atoms with Gasteiger partial charge in [0.05, 0.1) is 18.3 Å². The number of alkyl halides is 1. The van der Waals surface area contributed by atoms with Crippen LogP contribution in [-0.2, 0) is 25.6 Å². The minimum atomic E-state index is -2.72. The highest BCUT2D eigenvalue weighted by molar-refractivity contribution is 6.27. The number of rotatable bonds is 6. The van der Waals surface area contributed by atoms with Gasteiger partial charge in [0.2, 0.25) is 17.6 Å². The van der Waals surface area contributed by atoms with Gasteiger partial charge in [-0.2, -0.15) is 0 Å². The molecule has 2 fully saturated rings. The molecule has 0 spiro atoms. The Balaban J connectivity index is 1.79. The molecule has 3 aliphatic rings. The molecule has 212 valence electrons. The summed E-state index contributed by atoms with van der Waals surface area (Å²) in [5.74, 6) is -8.49. The molecule has 3 aliphatic carbocycles. The monoisotopic (exact) mass is 564 g/mol. The molecule has 1 aromatic rings. The summed E-state index contributed by atoms with van der Waals surface area (Å²) >= 11 is 5.42. The Morgan fingerprint density at radius 2 is 1.79 bits per heavy atom. The smallest absolute Gasteiger partial charge is 0.236 e. The van der Waals surface area contributed by atoms with E-state index in [2.05, 4.69) is 10.6 Å². The number of phenols is 1. The number of benzene rings is 1. The number of hydrogen-bond acceptors (Lipinski definition) is 10. The van der Waals surface area contributed by atoms with Gasteiger partial charge in [-0.1, -0.05) is 0 Å². The topological polar surface area (TPSA) is 180 Å². The fourth-order valence-corrected chi connectivity index (χ4v) is 6.47. The minimum absolute atomic E-state index is 0.0510. The second-order valence-electron chi connectivity index (χ2n) is 10.7. The highest BCUT2D eigenvalue weighted by Crippen LogP contribution is 2.53. The van der Waals surface area contributed by atoms with Crippen molar-refractivity contribution in [1.82, 2.24) is 15.5 Å². The third-order valence-electron chi connectivity index (χ3n) is 8.07. The number of nitrogens with zero attached hydrogens (tertiary/aromatic N) is 2. The lowest BCUT2D eigenvalue weighted by Gasteiger charge is -2.53. The molecule has 0 aliphatic heterocycles. The van der Waals surface area contributed by atoms with Crippen LogP contribution in [0.3, 0.4) is 0 Å². The number of Topliss-reactive ketones (excluding diaryl/α,β-unsaturated/α-hetero) is 2. The molecule has 4 rings (SSSR count). The molecule has 6 N–H and O–H groups in total. The van der Waals surface area contributed by atoms with Crippen molar-refractivity contribution in [3.05, 3.63) is 28.8 Å². The number of halogens is 1. The Hall–Kier alpha value is -3.19. The Labute approximate surface area is 230 Å².